The molecule has 0 spiro atoms. The lowest BCUT2D eigenvalue weighted by molar-refractivity contribution is -0.127. The Labute approximate surface area is 154 Å². The quantitative estimate of drug-likeness (QED) is 0.708. The fourth-order valence-corrected chi connectivity index (χ4v) is 2.37. The summed E-state index contributed by atoms with van der Waals surface area (Å²) in [5.74, 6) is -1.46. The number of nitrogens with one attached hydrogen (secondary N) is 2. The Hall–Kier alpha value is -2.87. The number of halogens is 1. The van der Waals surface area contributed by atoms with Crippen molar-refractivity contribution < 1.29 is 23.6 Å². The summed E-state index contributed by atoms with van der Waals surface area (Å²) in [4.78, 5) is 35.3. The van der Waals surface area contributed by atoms with E-state index >= 15 is 0 Å². The Kier molecular flexibility index (Phi) is 6.74. The van der Waals surface area contributed by atoms with Crippen LogP contribution in [-0.4, -0.2) is 42.6 Å². The van der Waals surface area contributed by atoms with Crippen LogP contribution in [0.3, 0.4) is 0 Å². The number of nitrogens with zero attached hydrogens (tertiary/aromatic N) is 1. The first-order valence-corrected chi connectivity index (χ1v) is 8.23. The summed E-state index contributed by atoms with van der Waals surface area (Å²) in [6.45, 7) is 3.05. The van der Waals surface area contributed by atoms with Crippen molar-refractivity contribution in [3.8, 4) is 11.3 Å². The number of hydrogen-bond donors (Lipinski definition) is 2. The monoisotopic (exact) mass is 379 g/mol. The number of rotatable bonds is 7. The van der Waals surface area contributed by atoms with Crippen LogP contribution in [0.5, 0.6) is 0 Å². The van der Waals surface area contributed by atoms with Crippen LogP contribution >= 0.6 is 11.6 Å². The number of carbonyl (C=O) groups excluding carboxylic acids is 3. The Balaban J connectivity index is 2.02. The van der Waals surface area contributed by atoms with Gasteiger partial charge in [-0.3, -0.25) is 9.59 Å². The van der Waals surface area contributed by atoms with Crippen molar-refractivity contribution in [2.75, 3.05) is 19.7 Å². The number of carbonyl (C=O) groups is 3. The highest BCUT2D eigenvalue weighted by Crippen LogP contribution is 2.31. The van der Waals surface area contributed by atoms with E-state index in [4.69, 9.17) is 20.9 Å². The topological polar surface area (TPSA) is 111 Å². The molecule has 8 nitrogen and oxygen atoms in total. The number of hydrogen-bond acceptors (Lipinski definition) is 6. The minimum absolute atomic E-state index is 0.0922. The summed E-state index contributed by atoms with van der Waals surface area (Å²) in [6, 6.07) is 6.84. The Morgan fingerprint density at radius 1 is 1.19 bits per heavy atom. The van der Waals surface area contributed by atoms with Gasteiger partial charge in [-0.2, -0.15) is 0 Å². The first-order chi connectivity index (χ1) is 12.4. The van der Waals surface area contributed by atoms with Crippen molar-refractivity contribution in [1.29, 1.82) is 0 Å². The molecule has 0 saturated heterocycles. The third-order valence-electron chi connectivity index (χ3n) is 3.35. The van der Waals surface area contributed by atoms with Gasteiger partial charge in [0.05, 0.1) is 11.6 Å². The maximum absolute atomic E-state index is 12.4. The van der Waals surface area contributed by atoms with E-state index in [2.05, 4.69) is 15.8 Å². The normalized spacial score (nSPS) is 10.3. The molecule has 0 bridgehead atoms. The maximum atomic E-state index is 12.4. The van der Waals surface area contributed by atoms with Crippen molar-refractivity contribution in [2.45, 2.75) is 13.8 Å². The van der Waals surface area contributed by atoms with E-state index in [1.54, 1.807) is 38.1 Å². The number of esters is 1. The zero-order valence-corrected chi connectivity index (χ0v) is 15.1. The van der Waals surface area contributed by atoms with Gasteiger partial charge in [-0.25, -0.2) is 4.79 Å². The lowest BCUT2D eigenvalue weighted by Gasteiger charge is -2.07. The fraction of sp³-hybridized carbons (Fsp3) is 0.294. The molecule has 9 heteroatoms. The highest BCUT2D eigenvalue weighted by molar-refractivity contribution is 6.33. The van der Waals surface area contributed by atoms with Crippen molar-refractivity contribution in [2.24, 2.45) is 0 Å². The summed E-state index contributed by atoms with van der Waals surface area (Å²) < 4.78 is 10.1. The number of likely N-dealkylation sites (N-methyl/N-ethyl adjacent to an activating group) is 1. The predicted molar refractivity (Wildman–Crippen MR) is 93.7 cm³/mol. The highest BCUT2D eigenvalue weighted by Gasteiger charge is 2.24. The molecule has 1 aromatic heterocycles. The molecule has 0 aliphatic rings. The molecule has 26 heavy (non-hydrogen) atoms. The summed E-state index contributed by atoms with van der Waals surface area (Å²) in [5, 5.41) is 9.14. The van der Waals surface area contributed by atoms with Crippen LogP contribution in [0.15, 0.2) is 28.8 Å². The van der Waals surface area contributed by atoms with E-state index in [1.165, 1.54) is 0 Å². The van der Waals surface area contributed by atoms with Gasteiger partial charge in [0.25, 0.3) is 5.91 Å². The standard InChI is InChI=1S/C17H18ClN3O5/c1-3-19-13(22)8-20-14(23)9-25-17(24)15-10(2)26-21-16(15)11-6-4-5-7-12(11)18/h4-7H,3,8-9H2,1-2H3,(H,19,22)(H,20,23). The summed E-state index contributed by atoms with van der Waals surface area (Å²) in [7, 11) is 0. The van der Waals surface area contributed by atoms with E-state index < -0.39 is 18.5 Å². The maximum Gasteiger partial charge on any atom is 0.344 e. The first-order valence-electron chi connectivity index (χ1n) is 7.85. The lowest BCUT2D eigenvalue weighted by atomic mass is 10.1. The molecule has 2 aromatic rings. The molecule has 0 saturated carbocycles. The van der Waals surface area contributed by atoms with Crippen molar-refractivity contribution in [3.05, 3.63) is 40.6 Å². The molecule has 2 rings (SSSR count). The zero-order chi connectivity index (χ0) is 19.1. The largest absolute Gasteiger partial charge is 0.452 e. The molecule has 1 heterocycles. The van der Waals surface area contributed by atoms with Crippen LogP contribution in [0.1, 0.15) is 23.0 Å². The average Bonchev–Trinajstić information content (AvgIpc) is 3.00. The number of aromatic nitrogens is 1. The van der Waals surface area contributed by atoms with Gasteiger partial charge in [0.2, 0.25) is 5.91 Å². The lowest BCUT2D eigenvalue weighted by Crippen LogP contribution is -2.38. The van der Waals surface area contributed by atoms with Crippen LogP contribution < -0.4 is 10.6 Å². The van der Waals surface area contributed by atoms with Crippen LogP contribution in [0.25, 0.3) is 11.3 Å². The van der Waals surface area contributed by atoms with Gasteiger partial charge in [-0.05, 0) is 19.9 Å². The van der Waals surface area contributed by atoms with Crippen molar-refractivity contribution >= 4 is 29.4 Å². The summed E-state index contributed by atoms with van der Waals surface area (Å²) in [5.41, 5.74) is 0.842. The number of amides is 2. The minimum Gasteiger partial charge on any atom is -0.452 e. The highest BCUT2D eigenvalue weighted by atomic mass is 35.5. The smallest absolute Gasteiger partial charge is 0.344 e. The molecular weight excluding hydrogens is 362 g/mol. The average molecular weight is 380 g/mol. The number of benzene rings is 1. The molecule has 2 amide bonds. The predicted octanol–water partition coefficient (Wildman–Crippen LogP) is 1.71. The number of ether oxygens (including phenoxy) is 1. The summed E-state index contributed by atoms with van der Waals surface area (Å²) in [6.07, 6.45) is 0. The zero-order valence-electron chi connectivity index (χ0n) is 14.3. The SMILES string of the molecule is CCNC(=O)CNC(=O)COC(=O)c1c(-c2ccccc2Cl)noc1C. The van der Waals surface area contributed by atoms with E-state index in [9.17, 15) is 14.4 Å². The number of aryl methyl sites for hydroxylation is 1. The van der Waals surface area contributed by atoms with Gasteiger partial charge in [0.1, 0.15) is 17.0 Å². The second-order valence-electron chi connectivity index (χ2n) is 5.25. The van der Waals surface area contributed by atoms with E-state index in [1.807, 2.05) is 0 Å². The van der Waals surface area contributed by atoms with Crippen LogP contribution in [0.4, 0.5) is 0 Å². The first kappa shape index (κ1) is 19.5. The van der Waals surface area contributed by atoms with E-state index in [-0.39, 0.29) is 29.5 Å². The molecule has 0 radical (unpaired) electrons. The van der Waals surface area contributed by atoms with Crippen molar-refractivity contribution in [1.82, 2.24) is 15.8 Å². The molecule has 0 aliphatic carbocycles. The van der Waals surface area contributed by atoms with Crippen LogP contribution in [0, 0.1) is 6.92 Å². The van der Waals surface area contributed by atoms with Crippen molar-refractivity contribution in [3.63, 3.8) is 0 Å². The minimum atomic E-state index is -0.771. The molecule has 0 unspecified atom stereocenters. The second kappa shape index (κ2) is 9.00. The van der Waals surface area contributed by atoms with Gasteiger partial charge in [0.15, 0.2) is 6.61 Å². The second-order valence-corrected chi connectivity index (χ2v) is 5.66. The van der Waals surface area contributed by atoms with Gasteiger partial charge in [-0.15, -0.1) is 0 Å². The van der Waals surface area contributed by atoms with Gasteiger partial charge in [0, 0.05) is 12.1 Å². The fourth-order valence-electron chi connectivity index (χ4n) is 2.14. The molecule has 138 valence electrons. The Morgan fingerprint density at radius 3 is 2.62 bits per heavy atom. The third-order valence-corrected chi connectivity index (χ3v) is 3.68. The van der Waals surface area contributed by atoms with Crippen LogP contribution in [-0.2, 0) is 14.3 Å². The van der Waals surface area contributed by atoms with E-state index in [0.29, 0.717) is 17.1 Å². The Morgan fingerprint density at radius 2 is 1.92 bits per heavy atom. The molecule has 2 N–H and O–H groups in total. The van der Waals surface area contributed by atoms with Gasteiger partial charge in [-0.1, -0.05) is 35.0 Å². The van der Waals surface area contributed by atoms with E-state index in [0.717, 1.165) is 0 Å². The van der Waals surface area contributed by atoms with Gasteiger partial charge < -0.3 is 19.9 Å². The summed E-state index contributed by atoms with van der Waals surface area (Å²) >= 11 is 6.13. The molecule has 0 fully saturated rings. The molecule has 0 aliphatic heterocycles. The molecular formula is C17H18ClN3O5. The Bertz CT molecular complexity index is 818. The third kappa shape index (κ3) is 4.82. The molecule has 1 aromatic carbocycles. The van der Waals surface area contributed by atoms with Gasteiger partial charge >= 0.3 is 5.97 Å². The van der Waals surface area contributed by atoms with Crippen LogP contribution in [0.2, 0.25) is 5.02 Å². The molecule has 0 atom stereocenters.